The smallest absolute Gasteiger partial charge is 0.238 e. The number of allylic oxidation sites excluding steroid dienone is 3. The first kappa shape index (κ1) is 25.3. The number of carbonyl (C=O) groups excluding carboxylic acids is 1. The van der Waals surface area contributed by atoms with Crippen LogP contribution in [0.1, 0.15) is 42.8 Å². The molecule has 5 nitrogen and oxygen atoms in total. The number of halogens is 1. The van der Waals surface area contributed by atoms with E-state index in [2.05, 4.69) is 47.7 Å². The molecule has 35 heavy (non-hydrogen) atoms. The van der Waals surface area contributed by atoms with Crippen molar-refractivity contribution in [3.05, 3.63) is 77.7 Å². The molecule has 0 aliphatic carbocycles. The Labute approximate surface area is 214 Å². The maximum Gasteiger partial charge on any atom is 0.238 e. The van der Waals surface area contributed by atoms with Crippen LogP contribution in [0.3, 0.4) is 0 Å². The number of para-hydroxylation sites is 1. The van der Waals surface area contributed by atoms with E-state index in [4.69, 9.17) is 16.3 Å². The summed E-state index contributed by atoms with van der Waals surface area (Å²) >= 11 is 6.08. The van der Waals surface area contributed by atoms with Crippen LogP contribution in [0, 0.1) is 5.92 Å². The number of aromatic amines is 1. The van der Waals surface area contributed by atoms with Gasteiger partial charge in [-0.1, -0.05) is 49.4 Å². The topological polar surface area (TPSA) is 48.6 Å². The Balaban J connectivity index is 1.63. The highest BCUT2D eigenvalue weighted by Crippen LogP contribution is 2.44. The highest BCUT2D eigenvalue weighted by Gasteiger charge is 2.50. The predicted molar refractivity (Wildman–Crippen MR) is 145 cm³/mol. The zero-order chi connectivity index (χ0) is 24.8. The molecule has 0 radical (unpaired) electrons. The monoisotopic (exact) mass is 493 g/mol. The zero-order valence-corrected chi connectivity index (χ0v) is 21.6. The van der Waals surface area contributed by atoms with Gasteiger partial charge in [0.2, 0.25) is 5.91 Å². The summed E-state index contributed by atoms with van der Waals surface area (Å²) in [6, 6.07) is 9.90. The fourth-order valence-corrected chi connectivity index (χ4v) is 5.49. The molecule has 2 aliphatic rings. The van der Waals surface area contributed by atoms with Crippen LogP contribution in [0.25, 0.3) is 12.2 Å². The van der Waals surface area contributed by atoms with Crippen molar-refractivity contribution in [3.8, 4) is 5.75 Å². The van der Waals surface area contributed by atoms with Crippen molar-refractivity contribution in [3.63, 3.8) is 0 Å². The molecule has 1 amide bonds. The molecule has 1 aromatic heterocycles. The molecule has 3 heterocycles. The number of amides is 1. The molecule has 2 unspecified atom stereocenters. The lowest BCUT2D eigenvalue weighted by atomic mass is 9.83. The molecule has 2 atom stereocenters. The van der Waals surface area contributed by atoms with Crippen molar-refractivity contribution in [2.45, 2.75) is 32.2 Å². The number of alkyl halides is 1. The summed E-state index contributed by atoms with van der Waals surface area (Å²) in [6.07, 6.45) is 12.2. The molecule has 0 bridgehead atoms. The van der Waals surface area contributed by atoms with E-state index in [1.807, 2.05) is 48.2 Å². The SMILES string of the molecule is C=CC(C)/C=C\c1c(/C=C\C)[nH]c2c1CCN(C(=O)CCl)C21CCN(CCOc2ccccc2)C1. The third-order valence-electron chi connectivity index (χ3n) is 7.18. The van der Waals surface area contributed by atoms with E-state index < -0.39 is 5.54 Å². The van der Waals surface area contributed by atoms with Gasteiger partial charge in [0.05, 0.1) is 5.54 Å². The predicted octanol–water partition coefficient (Wildman–Crippen LogP) is 5.49. The largest absolute Gasteiger partial charge is 0.492 e. The second-order valence-corrected chi connectivity index (χ2v) is 9.68. The number of benzene rings is 1. The lowest BCUT2D eigenvalue weighted by Gasteiger charge is -2.44. The number of ether oxygens (including phenoxy) is 1. The number of nitrogens with one attached hydrogen (secondary N) is 1. The van der Waals surface area contributed by atoms with Gasteiger partial charge in [0.25, 0.3) is 0 Å². The molecular weight excluding hydrogens is 458 g/mol. The van der Waals surface area contributed by atoms with E-state index in [1.165, 1.54) is 11.1 Å². The third kappa shape index (κ3) is 5.26. The van der Waals surface area contributed by atoms with Gasteiger partial charge < -0.3 is 14.6 Å². The molecule has 1 spiro atoms. The maximum absolute atomic E-state index is 13.0. The maximum atomic E-state index is 13.0. The summed E-state index contributed by atoms with van der Waals surface area (Å²) < 4.78 is 5.95. The van der Waals surface area contributed by atoms with Crippen molar-refractivity contribution < 1.29 is 9.53 Å². The third-order valence-corrected chi connectivity index (χ3v) is 7.41. The number of likely N-dealkylation sites (tertiary alicyclic amines) is 1. The molecule has 1 aromatic carbocycles. The highest BCUT2D eigenvalue weighted by molar-refractivity contribution is 6.27. The van der Waals surface area contributed by atoms with Crippen LogP contribution in [0.15, 0.2) is 55.1 Å². The zero-order valence-electron chi connectivity index (χ0n) is 20.8. The molecule has 0 saturated carbocycles. The van der Waals surface area contributed by atoms with Gasteiger partial charge >= 0.3 is 0 Å². The van der Waals surface area contributed by atoms with Crippen molar-refractivity contribution in [2.24, 2.45) is 5.92 Å². The Bertz CT molecular complexity index is 1090. The number of rotatable bonds is 9. The van der Waals surface area contributed by atoms with Crippen LogP contribution in [0.4, 0.5) is 0 Å². The first-order valence-electron chi connectivity index (χ1n) is 12.5. The van der Waals surface area contributed by atoms with Gasteiger partial charge in [-0.05, 0) is 49.5 Å². The lowest BCUT2D eigenvalue weighted by molar-refractivity contribution is -0.135. The molecule has 1 N–H and O–H groups in total. The first-order valence-corrected chi connectivity index (χ1v) is 13.0. The Morgan fingerprint density at radius 3 is 2.80 bits per heavy atom. The minimum absolute atomic E-state index is 0.000238. The van der Waals surface area contributed by atoms with Crippen molar-refractivity contribution in [2.75, 3.05) is 38.7 Å². The molecule has 4 rings (SSSR count). The van der Waals surface area contributed by atoms with Gasteiger partial charge in [-0.2, -0.15) is 0 Å². The van der Waals surface area contributed by atoms with Gasteiger partial charge in [-0.15, -0.1) is 18.2 Å². The van der Waals surface area contributed by atoms with E-state index in [0.717, 1.165) is 49.6 Å². The average Bonchev–Trinajstić information content (AvgIpc) is 3.46. The van der Waals surface area contributed by atoms with E-state index in [1.54, 1.807) is 0 Å². The van der Waals surface area contributed by atoms with E-state index in [9.17, 15) is 4.79 Å². The minimum Gasteiger partial charge on any atom is -0.492 e. The summed E-state index contributed by atoms with van der Waals surface area (Å²) in [5.41, 5.74) is 4.38. The second-order valence-electron chi connectivity index (χ2n) is 9.41. The molecule has 1 saturated heterocycles. The van der Waals surface area contributed by atoms with Crippen LogP contribution in [-0.2, 0) is 16.8 Å². The van der Waals surface area contributed by atoms with Crippen LogP contribution in [-0.4, -0.2) is 59.4 Å². The van der Waals surface area contributed by atoms with Gasteiger partial charge in [-0.25, -0.2) is 0 Å². The molecule has 2 aromatic rings. The Hall–Kier alpha value is -2.76. The van der Waals surface area contributed by atoms with Gasteiger partial charge in [0.1, 0.15) is 18.2 Å². The molecule has 6 heteroatoms. The van der Waals surface area contributed by atoms with Crippen molar-refractivity contribution in [1.82, 2.24) is 14.8 Å². The Kier molecular flexibility index (Phi) is 8.19. The van der Waals surface area contributed by atoms with Crippen molar-refractivity contribution in [1.29, 1.82) is 0 Å². The average molecular weight is 494 g/mol. The first-order chi connectivity index (χ1) is 17.0. The number of fused-ring (bicyclic) bond motifs is 2. The Morgan fingerprint density at radius 1 is 1.29 bits per heavy atom. The molecular formula is C29H36ClN3O2. The number of carbonyl (C=O) groups is 1. The Morgan fingerprint density at radius 2 is 2.09 bits per heavy atom. The fraction of sp³-hybridized carbons (Fsp3) is 0.414. The quantitative estimate of drug-likeness (QED) is 0.371. The van der Waals surface area contributed by atoms with E-state index in [0.29, 0.717) is 13.2 Å². The molecule has 2 aliphatic heterocycles. The van der Waals surface area contributed by atoms with Crippen LogP contribution in [0.5, 0.6) is 5.75 Å². The summed E-state index contributed by atoms with van der Waals surface area (Å²) in [7, 11) is 0. The van der Waals surface area contributed by atoms with Crippen LogP contribution in [0.2, 0.25) is 0 Å². The number of H-pyrrole nitrogens is 1. The van der Waals surface area contributed by atoms with Crippen LogP contribution < -0.4 is 4.74 Å². The van der Waals surface area contributed by atoms with Gasteiger partial charge in [0.15, 0.2) is 0 Å². The van der Waals surface area contributed by atoms with E-state index >= 15 is 0 Å². The second kappa shape index (κ2) is 11.3. The number of hydrogen-bond acceptors (Lipinski definition) is 3. The minimum atomic E-state index is -0.404. The fourth-order valence-electron chi connectivity index (χ4n) is 5.35. The summed E-state index contributed by atoms with van der Waals surface area (Å²) in [5, 5.41) is 0. The van der Waals surface area contributed by atoms with E-state index in [-0.39, 0.29) is 17.7 Å². The lowest BCUT2D eigenvalue weighted by Crippen LogP contribution is -2.55. The summed E-state index contributed by atoms with van der Waals surface area (Å²) in [5.74, 6) is 1.17. The number of nitrogens with zero attached hydrogens (tertiary/aromatic N) is 2. The summed E-state index contributed by atoms with van der Waals surface area (Å²) in [4.78, 5) is 21.2. The molecule has 1 fully saturated rings. The number of aromatic nitrogens is 1. The number of hydrogen-bond donors (Lipinski definition) is 1. The normalized spacial score (nSPS) is 21.2. The molecule has 186 valence electrons. The van der Waals surface area contributed by atoms with Crippen molar-refractivity contribution >= 4 is 29.7 Å². The summed E-state index contributed by atoms with van der Waals surface area (Å²) in [6.45, 7) is 11.8. The van der Waals surface area contributed by atoms with Gasteiger partial charge in [0, 0.05) is 43.1 Å². The van der Waals surface area contributed by atoms with Crippen LogP contribution >= 0.6 is 11.6 Å². The standard InChI is InChI=1S/C29H36ClN3O2/c1-4-9-26-24(13-12-22(3)5-2)25-14-16-33(27(34)20-30)29(28(25)31-26)15-17-32(21-29)18-19-35-23-10-7-6-8-11-23/h4-13,22,31H,2,14-21H2,1,3H3/b9-4-,13-12-. The highest BCUT2D eigenvalue weighted by atomic mass is 35.5. The van der Waals surface area contributed by atoms with Gasteiger partial charge in [-0.3, -0.25) is 9.69 Å².